The summed E-state index contributed by atoms with van der Waals surface area (Å²) < 4.78 is 18.6. The van der Waals surface area contributed by atoms with Crippen molar-refractivity contribution >= 4 is 23.5 Å². The minimum absolute atomic E-state index is 0.0501. The zero-order valence-electron chi connectivity index (χ0n) is 16.6. The highest BCUT2D eigenvalue weighted by atomic mass is 32.2. The lowest BCUT2D eigenvalue weighted by Gasteiger charge is -2.31. The van der Waals surface area contributed by atoms with Crippen LogP contribution in [0.1, 0.15) is 26.2 Å². The van der Waals surface area contributed by atoms with Crippen LogP contribution < -0.4 is 10.2 Å². The number of carbonyl (C=O) groups excluding carboxylic acids is 1. The maximum atomic E-state index is 13.3. The molecule has 1 aliphatic heterocycles. The number of hydrogen-bond donors (Lipinski definition) is 1. The molecular weight excluding hydrogens is 391 g/mol. The number of aromatic nitrogens is 2. The molecule has 29 heavy (non-hydrogen) atoms. The van der Waals surface area contributed by atoms with Crippen molar-refractivity contribution in [3.63, 3.8) is 0 Å². The highest BCUT2D eigenvalue weighted by Crippen LogP contribution is 2.27. The summed E-state index contributed by atoms with van der Waals surface area (Å²) in [4.78, 5) is 15.2. The molecule has 0 unspecified atom stereocenters. The van der Waals surface area contributed by atoms with Gasteiger partial charge in [0, 0.05) is 43.7 Å². The molecule has 0 aliphatic carbocycles. The van der Waals surface area contributed by atoms with Crippen molar-refractivity contribution < 1.29 is 13.9 Å². The fraction of sp³-hybridized carbons (Fsp3) is 0.476. The lowest BCUT2D eigenvalue weighted by molar-refractivity contribution is -0.125. The third-order valence-corrected chi connectivity index (χ3v) is 5.72. The SMILES string of the molecule is CCOCCCNC(=O)C1CCN(c2ccc(Sc3cccc(F)c3)nn2)CC1. The molecule has 3 rings (SSSR count). The Labute approximate surface area is 175 Å². The molecule has 1 aliphatic rings. The summed E-state index contributed by atoms with van der Waals surface area (Å²) in [7, 11) is 0. The van der Waals surface area contributed by atoms with E-state index in [2.05, 4.69) is 20.4 Å². The van der Waals surface area contributed by atoms with Crippen molar-refractivity contribution in [3.05, 3.63) is 42.2 Å². The molecular formula is C21H27FN4O2S. The topological polar surface area (TPSA) is 67.3 Å². The zero-order valence-corrected chi connectivity index (χ0v) is 17.5. The summed E-state index contributed by atoms with van der Waals surface area (Å²) in [5, 5.41) is 12.3. The first kappa shape index (κ1) is 21.5. The molecule has 8 heteroatoms. The average molecular weight is 419 g/mol. The molecule has 2 aromatic rings. The van der Waals surface area contributed by atoms with Crippen molar-refractivity contribution in [2.75, 3.05) is 37.7 Å². The molecule has 0 atom stereocenters. The van der Waals surface area contributed by atoms with E-state index < -0.39 is 0 Å². The van der Waals surface area contributed by atoms with Gasteiger partial charge in [0.2, 0.25) is 5.91 Å². The van der Waals surface area contributed by atoms with Crippen molar-refractivity contribution in [2.45, 2.75) is 36.1 Å². The zero-order chi connectivity index (χ0) is 20.5. The van der Waals surface area contributed by atoms with Crippen molar-refractivity contribution in [1.29, 1.82) is 0 Å². The number of rotatable bonds is 9. The van der Waals surface area contributed by atoms with E-state index >= 15 is 0 Å². The number of halogens is 1. The van der Waals surface area contributed by atoms with Gasteiger partial charge in [-0.25, -0.2) is 4.39 Å². The van der Waals surface area contributed by atoms with E-state index in [1.54, 1.807) is 6.07 Å². The molecule has 0 spiro atoms. The van der Waals surface area contributed by atoms with Crippen LogP contribution in [0.5, 0.6) is 0 Å². The van der Waals surface area contributed by atoms with Gasteiger partial charge in [-0.2, -0.15) is 0 Å². The third-order valence-electron chi connectivity index (χ3n) is 4.80. The average Bonchev–Trinajstić information content (AvgIpc) is 2.74. The van der Waals surface area contributed by atoms with E-state index in [0.717, 1.165) is 48.1 Å². The Morgan fingerprint density at radius 1 is 1.28 bits per heavy atom. The minimum atomic E-state index is -0.263. The number of carbonyl (C=O) groups is 1. The van der Waals surface area contributed by atoms with E-state index in [4.69, 9.17) is 4.74 Å². The Hall–Kier alpha value is -2.19. The van der Waals surface area contributed by atoms with Gasteiger partial charge in [-0.15, -0.1) is 10.2 Å². The van der Waals surface area contributed by atoms with Gasteiger partial charge in [0.15, 0.2) is 5.82 Å². The quantitative estimate of drug-likeness (QED) is 0.629. The fourth-order valence-corrected chi connectivity index (χ4v) is 4.01. The lowest BCUT2D eigenvalue weighted by Crippen LogP contribution is -2.41. The summed E-state index contributed by atoms with van der Waals surface area (Å²) in [6.45, 7) is 5.58. The number of nitrogens with one attached hydrogen (secondary N) is 1. The monoisotopic (exact) mass is 418 g/mol. The summed E-state index contributed by atoms with van der Waals surface area (Å²) in [5.41, 5.74) is 0. The van der Waals surface area contributed by atoms with Crippen LogP contribution >= 0.6 is 11.8 Å². The predicted octanol–water partition coefficient (Wildman–Crippen LogP) is 3.53. The van der Waals surface area contributed by atoms with Gasteiger partial charge in [-0.3, -0.25) is 4.79 Å². The molecule has 1 aromatic carbocycles. The number of amides is 1. The number of ether oxygens (including phenoxy) is 1. The Bertz CT molecular complexity index is 783. The molecule has 1 aromatic heterocycles. The van der Waals surface area contributed by atoms with Crippen LogP contribution in [0.4, 0.5) is 10.2 Å². The molecule has 2 heterocycles. The van der Waals surface area contributed by atoms with E-state index in [1.807, 2.05) is 25.1 Å². The second kappa shape index (κ2) is 11.1. The standard InChI is InChI=1S/C21H27FN4O2S/c1-2-28-14-4-11-23-21(27)16-9-12-26(13-10-16)19-7-8-20(25-24-19)29-18-6-3-5-17(22)15-18/h3,5-8,15-16H,2,4,9-14H2,1H3,(H,23,27). The summed E-state index contributed by atoms with van der Waals surface area (Å²) in [6, 6.07) is 10.3. The third kappa shape index (κ3) is 6.68. The molecule has 6 nitrogen and oxygen atoms in total. The molecule has 156 valence electrons. The molecule has 1 N–H and O–H groups in total. The summed E-state index contributed by atoms with van der Waals surface area (Å²) >= 11 is 1.38. The second-order valence-electron chi connectivity index (χ2n) is 6.89. The molecule has 0 saturated carbocycles. The van der Waals surface area contributed by atoms with E-state index in [0.29, 0.717) is 19.8 Å². The number of anilines is 1. The van der Waals surface area contributed by atoms with E-state index in [-0.39, 0.29) is 17.6 Å². The number of hydrogen-bond acceptors (Lipinski definition) is 6. The van der Waals surface area contributed by atoms with Crippen molar-refractivity contribution in [3.8, 4) is 0 Å². The van der Waals surface area contributed by atoms with Crippen LogP contribution in [-0.4, -0.2) is 49.0 Å². The van der Waals surface area contributed by atoms with Gasteiger partial charge in [-0.1, -0.05) is 17.8 Å². The molecule has 1 amide bonds. The number of benzene rings is 1. The molecule has 1 fully saturated rings. The largest absolute Gasteiger partial charge is 0.382 e. The first-order valence-electron chi connectivity index (χ1n) is 10.0. The first-order valence-corrected chi connectivity index (χ1v) is 10.8. The van der Waals surface area contributed by atoms with E-state index in [1.165, 1.54) is 23.9 Å². The fourth-order valence-electron chi connectivity index (χ4n) is 3.23. The van der Waals surface area contributed by atoms with Crippen LogP contribution in [0.25, 0.3) is 0 Å². The van der Waals surface area contributed by atoms with Gasteiger partial charge in [0.05, 0.1) is 0 Å². The summed E-state index contributed by atoms with van der Waals surface area (Å²) in [5.74, 6) is 0.730. The maximum absolute atomic E-state index is 13.3. The Kier molecular flexibility index (Phi) is 8.25. The Balaban J connectivity index is 1.44. The highest BCUT2D eigenvalue weighted by molar-refractivity contribution is 7.99. The Morgan fingerprint density at radius 2 is 2.10 bits per heavy atom. The highest BCUT2D eigenvalue weighted by Gasteiger charge is 2.25. The smallest absolute Gasteiger partial charge is 0.223 e. The van der Waals surface area contributed by atoms with Gasteiger partial charge < -0.3 is 15.0 Å². The van der Waals surface area contributed by atoms with Crippen LogP contribution in [0.2, 0.25) is 0 Å². The lowest BCUT2D eigenvalue weighted by atomic mass is 9.96. The van der Waals surface area contributed by atoms with Crippen LogP contribution in [0.3, 0.4) is 0 Å². The van der Waals surface area contributed by atoms with Gasteiger partial charge in [0.1, 0.15) is 10.8 Å². The van der Waals surface area contributed by atoms with Gasteiger partial charge in [0.25, 0.3) is 0 Å². The maximum Gasteiger partial charge on any atom is 0.223 e. The molecule has 0 radical (unpaired) electrons. The van der Waals surface area contributed by atoms with Gasteiger partial charge >= 0.3 is 0 Å². The second-order valence-corrected chi connectivity index (χ2v) is 7.99. The van der Waals surface area contributed by atoms with Crippen molar-refractivity contribution in [2.24, 2.45) is 5.92 Å². The van der Waals surface area contributed by atoms with E-state index in [9.17, 15) is 9.18 Å². The molecule has 1 saturated heterocycles. The first-order chi connectivity index (χ1) is 14.2. The number of nitrogens with zero attached hydrogens (tertiary/aromatic N) is 3. The van der Waals surface area contributed by atoms with Crippen LogP contribution in [0.15, 0.2) is 46.3 Å². The van der Waals surface area contributed by atoms with Crippen LogP contribution in [-0.2, 0) is 9.53 Å². The number of piperidine rings is 1. The minimum Gasteiger partial charge on any atom is -0.382 e. The Morgan fingerprint density at radius 3 is 2.79 bits per heavy atom. The van der Waals surface area contributed by atoms with Gasteiger partial charge in [-0.05, 0) is 56.5 Å². The van der Waals surface area contributed by atoms with Crippen LogP contribution in [0, 0.1) is 11.7 Å². The summed E-state index contributed by atoms with van der Waals surface area (Å²) in [6.07, 6.45) is 2.45. The predicted molar refractivity (Wildman–Crippen MR) is 112 cm³/mol. The van der Waals surface area contributed by atoms with Crippen molar-refractivity contribution in [1.82, 2.24) is 15.5 Å². The molecule has 0 bridgehead atoms. The normalized spacial score (nSPS) is 14.8.